The quantitative estimate of drug-likeness (QED) is 0.578. The summed E-state index contributed by atoms with van der Waals surface area (Å²) < 4.78 is 0. The van der Waals surface area contributed by atoms with Crippen molar-refractivity contribution in [2.24, 2.45) is 5.92 Å². The van der Waals surface area contributed by atoms with Crippen LogP contribution in [0.1, 0.15) is 78.1 Å². The molecule has 0 bridgehead atoms. The van der Waals surface area contributed by atoms with E-state index >= 15 is 0 Å². The fourth-order valence-corrected chi connectivity index (χ4v) is 8.25. The number of alkyl halides is 1. The van der Waals surface area contributed by atoms with Gasteiger partial charge in [0.2, 0.25) is 0 Å². The maximum atomic E-state index is 13.7. The third-order valence-electron chi connectivity index (χ3n) is 8.73. The third-order valence-corrected chi connectivity index (χ3v) is 9.91. The number of fused-ring (bicyclic) bond motifs is 3. The molecule has 7 heteroatoms. The predicted molar refractivity (Wildman–Crippen MR) is 129 cm³/mol. The van der Waals surface area contributed by atoms with Gasteiger partial charge in [0.15, 0.2) is 0 Å². The molecule has 5 aliphatic rings. The van der Waals surface area contributed by atoms with E-state index < -0.39 is 0 Å². The number of likely N-dealkylation sites (tertiary alicyclic amines) is 1. The van der Waals surface area contributed by atoms with E-state index in [1.165, 1.54) is 32.1 Å². The number of amides is 2. The van der Waals surface area contributed by atoms with Crippen molar-refractivity contribution >= 4 is 27.7 Å². The van der Waals surface area contributed by atoms with Gasteiger partial charge in [0.25, 0.3) is 11.8 Å². The lowest BCUT2D eigenvalue weighted by Gasteiger charge is -2.42. The zero-order chi connectivity index (χ0) is 22.4. The van der Waals surface area contributed by atoms with Gasteiger partial charge in [-0.15, -0.1) is 0 Å². The summed E-state index contributed by atoms with van der Waals surface area (Å²) in [6.07, 6.45) is 13.4. The molecule has 0 aromatic heterocycles. The molecule has 5 rings (SSSR count). The first-order valence-electron chi connectivity index (χ1n) is 13.0. The minimum absolute atomic E-state index is 0.00651. The first-order valence-corrected chi connectivity index (χ1v) is 13.9. The molecule has 3 aliphatic heterocycles. The smallest absolute Gasteiger partial charge is 0.269 e. The highest BCUT2D eigenvalue weighted by Gasteiger charge is 2.56. The van der Waals surface area contributed by atoms with Crippen LogP contribution in [0, 0.1) is 5.92 Å². The minimum atomic E-state index is -0.243. The van der Waals surface area contributed by atoms with Crippen LogP contribution in [0.3, 0.4) is 0 Å². The molecule has 2 saturated heterocycles. The van der Waals surface area contributed by atoms with Gasteiger partial charge >= 0.3 is 0 Å². The van der Waals surface area contributed by atoms with E-state index in [9.17, 15) is 9.59 Å². The summed E-state index contributed by atoms with van der Waals surface area (Å²) in [7, 11) is 0. The largest absolute Gasteiger partial charge is 0.350 e. The standard InChI is InChI=1S/C25H39BrN4O2/c1-16(2)28-13-7-10-18(28)14-27-24(31)21-15-29(17-8-3-4-9-17)25(32)23-22(26)19-11-5-6-12-20(19)30(21)23/h15-20,22-23H,3-14H2,1-2H3,(H,27,31)/t18-,19?,20?,22?,23?/m0/s1. The van der Waals surface area contributed by atoms with E-state index in [0.717, 1.165) is 44.3 Å². The lowest BCUT2D eigenvalue weighted by atomic mass is 9.84. The van der Waals surface area contributed by atoms with Crippen molar-refractivity contribution in [3.63, 3.8) is 0 Å². The molecule has 4 fully saturated rings. The van der Waals surface area contributed by atoms with Crippen molar-refractivity contribution in [3.8, 4) is 0 Å². The molecule has 5 atom stereocenters. The first kappa shape index (κ1) is 22.7. The molecule has 1 N–H and O–H groups in total. The summed E-state index contributed by atoms with van der Waals surface area (Å²) in [4.78, 5) is 34.1. The van der Waals surface area contributed by atoms with E-state index in [2.05, 4.69) is 44.9 Å². The van der Waals surface area contributed by atoms with E-state index in [4.69, 9.17) is 0 Å². The summed E-state index contributed by atoms with van der Waals surface area (Å²) in [5.74, 6) is 0.655. The highest BCUT2D eigenvalue weighted by molar-refractivity contribution is 9.09. The molecule has 178 valence electrons. The number of rotatable bonds is 5. The molecule has 0 aromatic carbocycles. The second-order valence-corrected chi connectivity index (χ2v) is 11.9. The van der Waals surface area contributed by atoms with Crippen LogP contribution in [0.25, 0.3) is 0 Å². The Kier molecular flexibility index (Phi) is 6.58. The second kappa shape index (κ2) is 9.28. The maximum Gasteiger partial charge on any atom is 0.269 e. The topological polar surface area (TPSA) is 55.9 Å². The summed E-state index contributed by atoms with van der Waals surface area (Å²) in [5.41, 5.74) is 0.731. The van der Waals surface area contributed by atoms with Gasteiger partial charge in [0, 0.05) is 41.7 Å². The molecule has 32 heavy (non-hydrogen) atoms. The van der Waals surface area contributed by atoms with Crippen LogP contribution in [0.5, 0.6) is 0 Å². The molecule has 0 spiro atoms. The Hall–Kier alpha value is -1.08. The molecule has 2 aliphatic carbocycles. The second-order valence-electron chi connectivity index (χ2n) is 10.8. The molecule has 3 heterocycles. The average Bonchev–Trinajstić information content (AvgIpc) is 3.53. The van der Waals surface area contributed by atoms with Crippen LogP contribution in [-0.2, 0) is 9.59 Å². The lowest BCUT2D eigenvalue weighted by Crippen LogP contribution is -2.57. The molecule has 2 amide bonds. The zero-order valence-electron chi connectivity index (χ0n) is 19.6. The molecule has 2 saturated carbocycles. The van der Waals surface area contributed by atoms with E-state index in [1.54, 1.807) is 0 Å². The van der Waals surface area contributed by atoms with Crippen LogP contribution in [0.2, 0.25) is 0 Å². The van der Waals surface area contributed by atoms with Gasteiger partial charge in [-0.2, -0.15) is 0 Å². The summed E-state index contributed by atoms with van der Waals surface area (Å²) >= 11 is 3.94. The Bertz CT molecular complexity index is 765. The zero-order valence-corrected chi connectivity index (χ0v) is 21.2. The monoisotopic (exact) mass is 506 g/mol. The number of carbonyl (C=O) groups is 2. The van der Waals surface area contributed by atoms with Gasteiger partial charge in [0.05, 0.1) is 0 Å². The highest BCUT2D eigenvalue weighted by Crippen LogP contribution is 2.47. The van der Waals surface area contributed by atoms with Gasteiger partial charge in [-0.25, -0.2) is 0 Å². The molecular formula is C25H39BrN4O2. The summed E-state index contributed by atoms with van der Waals surface area (Å²) in [5, 5.41) is 3.28. The van der Waals surface area contributed by atoms with Crippen molar-refractivity contribution < 1.29 is 9.59 Å². The van der Waals surface area contributed by atoms with Gasteiger partial charge in [0.1, 0.15) is 11.7 Å². The number of halogens is 1. The molecular weight excluding hydrogens is 468 g/mol. The van der Waals surface area contributed by atoms with Crippen molar-refractivity contribution in [3.05, 3.63) is 11.9 Å². The average molecular weight is 508 g/mol. The number of hydrogen-bond donors (Lipinski definition) is 1. The number of carbonyl (C=O) groups excluding carboxylic acids is 2. The fraction of sp³-hybridized carbons (Fsp3) is 0.840. The summed E-state index contributed by atoms with van der Waals surface area (Å²) in [6, 6.07) is 1.22. The van der Waals surface area contributed by atoms with E-state index in [1.807, 2.05) is 11.1 Å². The molecule has 4 unspecified atom stereocenters. The Morgan fingerprint density at radius 1 is 1.09 bits per heavy atom. The minimum Gasteiger partial charge on any atom is -0.350 e. The molecule has 0 aromatic rings. The number of hydrogen-bond acceptors (Lipinski definition) is 4. The van der Waals surface area contributed by atoms with Crippen LogP contribution in [0.15, 0.2) is 11.9 Å². The fourth-order valence-electron chi connectivity index (χ4n) is 7.15. The van der Waals surface area contributed by atoms with Gasteiger partial charge in [-0.1, -0.05) is 41.6 Å². The Labute approximate surface area is 201 Å². The maximum absolute atomic E-state index is 13.7. The predicted octanol–water partition coefficient (Wildman–Crippen LogP) is 3.61. The number of nitrogens with zero attached hydrogens (tertiary/aromatic N) is 3. The number of nitrogens with one attached hydrogen (secondary N) is 1. The van der Waals surface area contributed by atoms with Crippen LogP contribution < -0.4 is 5.32 Å². The Morgan fingerprint density at radius 3 is 2.56 bits per heavy atom. The van der Waals surface area contributed by atoms with Gasteiger partial charge in [-0.05, 0) is 64.8 Å². The van der Waals surface area contributed by atoms with Crippen molar-refractivity contribution in [1.82, 2.24) is 20.0 Å². The molecule has 0 radical (unpaired) electrons. The van der Waals surface area contributed by atoms with E-state index in [-0.39, 0.29) is 28.7 Å². The van der Waals surface area contributed by atoms with Gasteiger partial charge < -0.3 is 15.1 Å². The van der Waals surface area contributed by atoms with Crippen molar-refractivity contribution in [2.45, 2.75) is 113 Å². The Morgan fingerprint density at radius 2 is 1.81 bits per heavy atom. The van der Waals surface area contributed by atoms with Crippen LogP contribution in [0.4, 0.5) is 0 Å². The van der Waals surface area contributed by atoms with Gasteiger partial charge in [-0.3, -0.25) is 14.5 Å². The van der Waals surface area contributed by atoms with Crippen LogP contribution in [-0.4, -0.2) is 74.6 Å². The molecule has 6 nitrogen and oxygen atoms in total. The SMILES string of the molecule is CC(C)N1CCC[C@H]1CNC(=O)C1=CN(C2CCCC2)C(=O)C2C(Br)C3CCCCC3N12. The third kappa shape index (κ3) is 3.91. The first-order chi connectivity index (χ1) is 15.5. The van der Waals surface area contributed by atoms with Crippen molar-refractivity contribution in [1.29, 1.82) is 0 Å². The van der Waals surface area contributed by atoms with Crippen LogP contribution >= 0.6 is 15.9 Å². The van der Waals surface area contributed by atoms with Crippen molar-refractivity contribution in [2.75, 3.05) is 13.1 Å². The lowest BCUT2D eigenvalue weighted by molar-refractivity contribution is -0.137. The Balaban J connectivity index is 1.40. The van der Waals surface area contributed by atoms with E-state index in [0.29, 0.717) is 30.6 Å². The summed E-state index contributed by atoms with van der Waals surface area (Å²) in [6.45, 7) is 6.29. The highest BCUT2D eigenvalue weighted by atomic mass is 79.9. The normalized spacial score (nSPS) is 35.9.